The Hall–Kier alpha value is -6.37. The van der Waals surface area contributed by atoms with E-state index in [1.54, 1.807) is 39.8 Å². The Morgan fingerprint density at radius 2 is 1.52 bits per heavy atom. The number of phenolic OH excluding ortho intramolecular Hbond substituents is 1. The number of Topliss-reactive ketones (excluding diaryl/α,β-unsaturated/α-hetero) is 2. The normalized spacial score (nSPS) is 27.8. The van der Waals surface area contributed by atoms with E-state index < -0.39 is 134 Å². The molecule has 6 aliphatic rings. The molecule has 2 aromatic carbocycles. The summed E-state index contributed by atoms with van der Waals surface area (Å²) in [6.45, 7) is 18.0. The zero-order valence-electron chi connectivity index (χ0n) is 50.4. The molecule has 8 rings (SSSR count). The molecule has 0 radical (unpaired) electrons. The van der Waals surface area contributed by atoms with Gasteiger partial charge in [0.25, 0.3) is 11.7 Å². The molecule has 2 aromatic rings. The number of piperidine rings is 1. The Balaban J connectivity index is 1.20. The monoisotopic (exact) mass is 1240 g/mol. The summed E-state index contributed by atoms with van der Waals surface area (Å²) in [4.78, 5) is 131. The van der Waals surface area contributed by atoms with Gasteiger partial charge in [0.15, 0.2) is 5.40 Å². The highest BCUT2D eigenvalue weighted by atomic mass is 31.2. The quantitative estimate of drug-likeness (QED) is 0.0891. The van der Waals surface area contributed by atoms with E-state index in [1.807, 2.05) is 0 Å². The Morgan fingerprint density at radius 1 is 0.895 bits per heavy atom. The number of carbonyl (C=O) groups excluding carboxylic acids is 6. The molecule has 1 fully saturated rings. The van der Waals surface area contributed by atoms with Crippen molar-refractivity contribution in [2.75, 3.05) is 52.2 Å². The zero-order chi connectivity index (χ0) is 63.7. The Kier molecular flexibility index (Phi) is 20.7. The molecule has 1 spiro atoms. The largest absolute Gasteiger partial charge is 0.507 e. The number of carbonyl (C=O) groups is 6. The summed E-state index contributed by atoms with van der Waals surface area (Å²) in [6, 6.07) is 5.44. The minimum absolute atomic E-state index is 0.0290. The van der Waals surface area contributed by atoms with Crippen molar-refractivity contribution in [2.45, 2.75) is 130 Å². The average Bonchev–Trinajstić information content (AvgIpc) is 1.50. The lowest BCUT2D eigenvalue weighted by atomic mass is 9.78. The number of esters is 2. The van der Waals surface area contributed by atoms with Crippen molar-refractivity contribution in [3.63, 3.8) is 0 Å². The maximum Gasteiger partial charge on any atom is 0.341 e. The van der Waals surface area contributed by atoms with Crippen LogP contribution in [0.15, 0.2) is 76.8 Å². The van der Waals surface area contributed by atoms with Crippen molar-refractivity contribution in [3.05, 3.63) is 99.6 Å². The van der Waals surface area contributed by atoms with Crippen molar-refractivity contribution in [1.29, 1.82) is 0 Å². The molecule has 1 aliphatic carbocycles. The molecular weight excluding hydrogens is 1160 g/mol. The average molecular weight is 1240 g/mol. The molecule has 1 saturated heterocycles. The van der Waals surface area contributed by atoms with E-state index in [4.69, 9.17) is 28.7 Å². The number of phenols is 1. The van der Waals surface area contributed by atoms with Crippen LogP contribution in [0.2, 0.25) is 0 Å². The summed E-state index contributed by atoms with van der Waals surface area (Å²) in [7, 11) is -7.48. The number of methoxy groups -OCH3 is 1. The van der Waals surface area contributed by atoms with Crippen LogP contribution in [0.5, 0.6) is 11.5 Å². The molecule has 0 aromatic heterocycles. The van der Waals surface area contributed by atoms with Crippen LogP contribution in [0.4, 0.5) is 5.69 Å². The number of aliphatic hydroxyl groups excluding tert-OH is 1. The maximum absolute atomic E-state index is 15.0. The Bertz CT molecular complexity index is 3230. The van der Waals surface area contributed by atoms with Crippen LogP contribution in [0.25, 0.3) is 0 Å². The lowest BCUT2D eigenvalue weighted by Crippen LogP contribution is -2.50. The first kappa shape index (κ1) is 67.1. The summed E-state index contributed by atoms with van der Waals surface area (Å²) in [6.07, 6.45) is 3.31. The number of hydrogen-bond donors (Lipinski definition) is 9. The standard InChI is InChI=1S/C59H80N6O19P2/c1-30(2)27-65-23-21-59(22-24-65)62-47-44-45-51(70)36(8)55-46(44)56(72)58(10,84-55)81-25-20-40(80-12)33(5)54(82-37(9)66)35(7)50(69)34(6)53(31(3)14-13-15-32(4)57(73)61-49(52(45)71)48(47)63-59)83-42(68)29-64(11)28-41(67)60-39-18-16-38(17-19-39)26-43(85(74,75)76)86(77,78)79/h13-20,25,30-31,33-35,40,43,50,53-54,63,69-70H,21-24,26-29H2,1-12H3,(H,60,67)(H,61,73)(H2,74,75,76)(H2,77,78,79)/b14-13+,25-20+,32-15-/t31-,33+,34-,35+,40-,50+,53-,54+,58-/m0/s1. The van der Waals surface area contributed by atoms with Gasteiger partial charge in [-0.05, 0) is 57.0 Å². The van der Waals surface area contributed by atoms with Gasteiger partial charge >= 0.3 is 32.9 Å². The number of hydrogen-bond acceptors (Lipinski definition) is 19. The number of rotatable bonds is 14. The maximum atomic E-state index is 15.0. The second-order valence-corrected chi connectivity index (χ2v) is 27.8. The van der Waals surface area contributed by atoms with Crippen molar-refractivity contribution in [3.8, 4) is 11.5 Å². The van der Waals surface area contributed by atoms with Crippen LogP contribution in [0, 0.1) is 36.5 Å². The molecule has 0 saturated carbocycles. The third kappa shape index (κ3) is 14.8. The van der Waals surface area contributed by atoms with E-state index in [9.17, 15) is 62.9 Å². The summed E-state index contributed by atoms with van der Waals surface area (Å²) in [5, 5.41) is 30.9. The smallest absolute Gasteiger partial charge is 0.341 e. The number of aromatic hydroxyl groups is 1. The number of likely N-dealkylation sites (tertiary alicyclic amines) is 1. The SMILES string of the molecule is CO[C@H]1/C=C/O[C@@]2(C)Oc3c(C)c(O)c4c(c3C2=O)C2=NC3(CCN(CC(C)C)CC3)NC2=C(NC(=O)/C(C)=C\C=C\[C@H](C)[C@H](OC(=O)CN(C)CC(=O)Nc2ccc(CC(P(=O)(O)O)P(=O)(O)O)cc2)[C@@H](C)[C@@H](O)[C@@H](C)[C@H](OC(C)=O)[C@@H]1C)C4=O. The fourth-order valence-corrected chi connectivity index (χ4v) is 14.2. The number of fused-ring (bicyclic) bond motifs is 13. The first-order chi connectivity index (χ1) is 40.1. The first-order valence-electron chi connectivity index (χ1n) is 28.4. The number of aliphatic hydroxyl groups is 1. The molecule has 470 valence electrons. The number of aliphatic imine (C=N–C) groups is 1. The highest BCUT2D eigenvalue weighted by molar-refractivity contribution is 7.70. The van der Waals surface area contributed by atoms with Gasteiger partial charge < -0.3 is 74.3 Å². The molecule has 5 aliphatic heterocycles. The number of nitrogens with zero attached hydrogens (tertiary/aromatic N) is 3. The minimum atomic E-state index is -5.18. The molecule has 9 atom stereocenters. The molecule has 5 heterocycles. The van der Waals surface area contributed by atoms with E-state index in [2.05, 4.69) is 34.7 Å². The molecule has 27 heteroatoms. The van der Waals surface area contributed by atoms with Crippen LogP contribution >= 0.6 is 15.2 Å². The topological polar surface area (TPSA) is 359 Å². The van der Waals surface area contributed by atoms with Gasteiger partial charge in [0, 0.05) is 99.5 Å². The number of likely N-dealkylation sites (N-methyl/N-ethyl adjacent to an activating group) is 1. The third-order valence-corrected chi connectivity index (χ3v) is 20.2. The van der Waals surface area contributed by atoms with Gasteiger partial charge in [-0.25, -0.2) is 0 Å². The summed E-state index contributed by atoms with van der Waals surface area (Å²) in [5.74, 6) is -9.63. The second-order valence-electron chi connectivity index (χ2n) is 23.8. The van der Waals surface area contributed by atoms with Crippen LogP contribution in [-0.2, 0) is 53.7 Å². The lowest BCUT2D eigenvalue weighted by molar-refractivity contribution is -0.165. The van der Waals surface area contributed by atoms with Crippen molar-refractivity contribution < 1.29 is 91.4 Å². The van der Waals surface area contributed by atoms with Crippen LogP contribution in [0.3, 0.4) is 0 Å². The second kappa shape index (κ2) is 26.5. The van der Waals surface area contributed by atoms with E-state index in [0.29, 0.717) is 31.8 Å². The van der Waals surface area contributed by atoms with Gasteiger partial charge in [0.05, 0.1) is 54.1 Å². The molecule has 5 bridgehead atoms. The van der Waals surface area contributed by atoms with E-state index in [-0.39, 0.29) is 68.5 Å². The van der Waals surface area contributed by atoms with Crippen LogP contribution < -0.4 is 20.7 Å². The summed E-state index contributed by atoms with van der Waals surface area (Å²) >= 11 is 0. The fraction of sp³-hybridized carbons (Fsp3) is 0.542. The third-order valence-electron chi connectivity index (χ3n) is 16.4. The van der Waals surface area contributed by atoms with Crippen molar-refractivity contribution in [1.82, 2.24) is 20.4 Å². The lowest BCUT2D eigenvalue weighted by Gasteiger charge is -2.39. The van der Waals surface area contributed by atoms with Gasteiger partial charge in [-0.15, -0.1) is 0 Å². The highest BCUT2D eigenvalue weighted by Crippen LogP contribution is 2.61. The fourth-order valence-electron chi connectivity index (χ4n) is 11.8. The van der Waals surface area contributed by atoms with E-state index in [0.717, 1.165) is 6.54 Å². The predicted molar refractivity (Wildman–Crippen MR) is 315 cm³/mol. The highest BCUT2D eigenvalue weighted by Gasteiger charge is 2.55. The Morgan fingerprint density at radius 3 is 2.12 bits per heavy atom. The number of ether oxygens (including phenoxy) is 5. The summed E-state index contributed by atoms with van der Waals surface area (Å²) < 4.78 is 54.1. The molecule has 0 unspecified atom stereocenters. The number of ketones is 2. The van der Waals surface area contributed by atoms with Gasteiger partial charge in [-0.2, -0.15) is 0 Å². The number of allylic oxidation sites excluding steroid dienone is 4. The van der Waals surface area contributed by atoms with Crippen LogP contribution in [0.1, 0.15) is 113 Å². The molecule has 9 N–H and O–H groups in total. The summed E-state index contributed by atoms with van der Waals surface area (Å²) in [5.41, 5.74) is -0.472. The van der Waals surface area contributed by atoms with Gasteiger partial charge in [-0.1, -0.05) is 71.9 Å². The Labute approximate surface area is 499 Å². The van der Waals surface area contributed by atoms with Gasteiger partial charge in [-0.3, -0.25) is 47.8 Å². The van der Waals surface area contributed by atoms with Crippen molar-refractivity contribution in [2.24, 2.45) is 34.6 Å². The zero-order valence-corrected chi connectivity index (χ0v) is 52.1. The van der Waals surface area contributed by atoms with E-state index in [1.165, 1.54) is 89.4 Å². The van der Waals surface area contributed by atoms with Crippen LogP contribution in [-0.4, -0.2) is 169 Å². The van der Waals surface area contributed by atoms with E-state index >= 15 is 4.79 Å². The molecule has 86 heavy (non-hydrogen) atoms. The molecule has 2 amide bonds. The van der Waals surface area contributed by atoms with Crippen molar-refractivity contribution >= 4 is 61.9 Å². The first-order valence-corrected chi connectivity index (χ1v) is 31.8. The number of anilines is 1. The van der Waals surface area contributed by atoms with Gasteiger partial charge in [0.1, 0.15) is 35.1 Å². The minimum Gasteiger partial charge on any atom is -0.507 e. The molecule has 25 nitrogen and oxygen atoms in total. The number of benzene rings is 2. The number of amides is 2. The van der Waals surface area contributed by atoms with Gasteiger partial charge in [0.2, 0.25) is 11.7 Å². The predicted octanol–water partition coefficient (Wildman–Crippen LogP) is 4.96. The molecular formula is C59H80N6O19P2. The number of nitrogens with one attached hydrogen (secondary N) is 3.